The molecule has 0 atom stereocenters. The fourth-order valence-electron chi connectivity index (χ4n) is 5.11. The normalized spacial score (nSPS) is 14.9. The van der Waals surface area contributed by atoms with Crippen LogP contribution in [-0.4, -0.2) is 20.6 Å². The summed E-state index contributed by atoms with van der Waals surface area (Å²) in [6.07, 6.45) is 7.62. The van der Waals surface area contributed by atoms with E-state index < -0.39 is 0 Å². The van der Waals surface area contributed by atoms with E-state index in [1.807, 2.05) is 54.0 Å². The van der Waals surface area contributed by atoms with Gasteiger partial charge in [-0.3, -0.25) is 9.98 Å². The van der Waals surface area contributed by atoms with Crippen molar-refractivity contribution in [2.75, 3.05) is 5.32 Å². The summed E-state index contributed by atoms with van der Waals surface area (Å²) in [7, 11) is 0. The van der Waals surface area contributed by atoms with Crippen LogP contribution in [0, 0.1) is 12.7 Å². The van der Waals surface area contributed by atoms with Crippen LogP contribution in [-0.2, 0) is 0 Å². The third-order valence-electron chi connectivity index (χ3n) is 7.01. The maximum absolute atomic E-state index is 14.4. The Morgan fingerprint density at radius 1 is 0.973 bits per heavy atom. The molecule has 1 saturated carbocycles. The smallest absolute Gasteiger partial charge is 0.125 e. The second-order valence-corrected chi connectivity index (χ2v) is 10.0. The molecule has 3 aromatic rings. The van der Waals surface area contributed by atoms with Crippen LogP contribution in [0.25, 0.3) is 28.1 Å². The summed E-state index contributed by atoms with van der Waals surface area (Å²) in [5.41, 5.74) is 6.60. The Morgan fingerprint density at radius 3 is 2.57 bits per heavy atom. The lowest BCUT2D eigenvalue weighted by Crippen LogP contribution is -2.19. The van der Waals surface area contributed by atoms with E-state index in [1.165, 1.54) is 31.4 Å². The van der Waals surface area contributed by atoms with Crippen molar-refractivity contribution < 1.29 is 4.39 Å². The fourth-order valence-corrected chi connectivity index (χ4v) is 5.23. The van der Waals surface area contributed by atoms with Gasteiger partial charge in [-0.1, -0.05) is 30.9 Å². The first-order chi connectivity index (χ1) is 18.0. The molecule has 0 spiro atoms. The van der Waals surface area contributed by atoms with Crippen LogP contribution in [0.5, 0.6) is 0 Å². The molecule has 2 aliphatic carbocycles. The van der Waals surface area contributed by atoms with Crippen molar-refractivity contribution in [1.82, 2.24) is 14.5 Å². The predicted molar refractivity (Wildman–Crippen MR) is 147 cm³/mol. The standard InChI is InChI=1S/C30H27ClFN5/c1-19-24(8-5-15-33-19)35-26-17-28-30(18-27(26)34-22-6-3-2-4-7-22)37(23-12-9-20(31)10-13-23)29-16-21(32)11-14-25(29)36-28/h5,8-18,22,35H,2-4,6-7H2,1H3/b34-27+. The molecule has 1 fully saturated rings. The highest BCUT2D eigenvalue weighted by Crippen LogP contribution is 2.32. The lowest BCUT2D eigenvalue weighted by Gasteiger charge is -2.22. The van der Waals surface area contributed by atoms with Crippen molar-refractivity contribution in [3.8, 4) is 17.1 Å². The number of aryl methyl sites for hydroxylation is 1. The zero-order chi connectivity index (χ0) is 25.4. The van der Waals surface area contributed by atoms with E-state index >= 15 is 0 Å². The van der Waals surface area contributed by atoms with Gasteiger partial charge < -0.3 is 9.88 Å². The maximum Gasteiger partial charge on any atom is 0.125 e. The predicted octanol–water partition coefficient (Wildman–Crippen LogP) is 7.60. The van der Waals surface area contributed by atoms with Gasteiger partial charge in [0.15, 0.2) is 0 Å². The summed E-state index contributed by atoms with van der Waals surface area (Å²) >= 11 is 6.20. The number of rotatable bonds is 4. The van der Waals surface area contributed by atoms with Crippen molar-refractivity contribution in [1.29, 1.82) is 0 Å². The molecule has 1 aromatic heterocycles. The highest BCUT2D eigenvalue weighted by Gasteiger charge is 2.19. The monoisotopic (exact) mass is 511 g/mol. The number of hydrogen-bond acceptors (Lipinski definition) is 4. The van der Waals surface area contributed by atoms with Crippen LogP contribution in [0.4, 0.5) is 15.8 Å². The molecular weight excluding hydrogens is 485 g/mol. The first kappa shape index (κ1) is 23.6. The largest absolute Gasteiger partial charge is 0.352 e. The molecule has 7 heteroatoms. The number of fused-ring (bicyclic) bond motifs is 2. The van der Waals surface area contributed by atoms with Crippen LogP contribution in [0.15, 0.2) is 77.9 Å². The molecule has 0 amide bonds. The molecule has 5 nitrogen and oxygen atoms in total. The molecule has 0 radical (unpaired) electrons. The summed E-state index contributed by atoms with van der Waals surface area (Å²) in [5, 5.41) is 5.07. The molecule has 0 saturated heterocycles. The molecule has 1 N–H and O–H groups in total. The maximum atomic E-state index is 14.4. The molecule has 3 aliphatic rings. The van der Waals surface area contributed by atoms with E-state index in [9.17, 15) is 4.39 Å². The summed E-state index contributed by atoms with van der Waals surface area (Å²) in [6, 6.07) is 20.6. The number of nitrogens with zero attached hydrogens (tertiary/aromatic N) is 4. The van der Waals surface area contributed by atoms with Gasteiger partial charge in [-0.05, 0) is 80.4 Å². The minimum atomic E-state index is -0.311. The van der Waals surface area contributed by atoms with E-state index in [0.717, 1.165) is 52.3 Å². The van der Waals surface area contributed by atoms with Crippen molar-refractivity contribution in [3.63, 3.8) is 0 Å². The number of nitrogens with one attached hydrogen (secondary N) is 1. The minimum absolute atomic E-state index is 0.275. The van der Waals surface area contributed by atoms with Crippen LogP contribution in [0.2, 0.25) is 5.02 Å². The van der Waals surface area contributed by atoms with Crippen molar-refractivity contribution in [2.24, 2.45) is 4.99 Å². The average molecular weight is 512 g/mol. The Kier molecular flexibility index (Phi) is 6.35. The van der Waals surface area contributed by atoms with Gasteiger partial charge in [0.05, 0.1) is 50.9 Å². The molecule has 6 rings (SSSR count). The van der Waals surface area contributed by atoms with E-state index in [2.05, 4.69) is 16.4 Å². The Hall–Kier alpha value is -3.77. The first-order valence-corrected chi connectivity index (χ1v) is 13.1. The average Bonchev–Trinajstić information content (AvgIpc) is 2.90. The summed E-state index contributed by atoms with van der Waals surface area (Å²) < 4.78 is 16.5. The van der Waals surface area contributed by atoms with Gasteiger partial charge >= 0.3 is 0 Å². The number of hydrogen-bond donors (Lipinski definition) is 1. The van der Waals surface area contributed by atoms with Gasteiger partial charge in [0.25, 0.3) is 0 Å². The van der Waals surface area contributed by atoms with Gasteiger partial charge in [0, 0.05) is 23.0 Å². The highest BCUT2D eigenvalue weighted by molar-refractivity contribution is 6.30. The molecule has 0 bridgehead atoms. The van der Waals surface area contributed by atoms with Gasteiger partial charge in [0.1, 0.15) is 5.82 Å². The molecule has 37 heavy (non-hydrogen) atoms. The molecule has 2 heterocycles. The second kappa shape index (κ2) is 9.94. The Labute approximate surface area is 220 Å². The number of pyridine rings is 1. The number of aromatic nitrogens is 3. The van der Waals surface area contributed by atoms with Gasteiger partial charge in [-0.25, -0.2) is 9.37 Å². The van der Waals surface area contributed by atoms with Gasteiger partial charge in [-0.2, -0.15) is 0 Å². The van der Waals surface area contributed by atoms with Crippen LogP contribution in [0.1, 0.15) is 37.8 Å². The van der Waals surface area contributed by atoms with E-state index in [0.29, 0.717) is 16.1 Å². The molecule has 0 unspecified atom stereocenters. The van der Waals surface area contributed by atoms with Crippen molar-refractivity contribution in [3.05, 3.63) is 94.8 Å². The molecule has 1 aliphatic heterocycles. The van der Waals surface area contributed by atoms with Crippen molar-refractivity contribution in [2.45, 2.75) is 45.1 Å². The summed E-state index contributed by atoms with van der Waals surface area (Å²) in [5.74, 6) is -0.311. The van der Waals surface area contributed by atoms with E-state index in [4.69, 9.17) is 21.6 Å². The third-order valence-corrected chi connectivity index (χ3v) is 7.26. The SMILES string of the molecule is Cc1ncccc1Nc1cc2nc3ccc(F)cc3n(-c3ccc(Cl)cc3)c-2c/c1=N\C1CCCCC1. The Balaban J connectivity index is 1.64. The molecular formula is C30H27ClFN5. The minimum Gasteiger partial charge on any atom is -0.352 e. The van der Waals surface area contributed by atoms with E-state index in [1.54, 1.807) is 12.3 Å². The topological polar surface area (TPSA) is 55.1 Å². The highest BCUT2D eigenvalue weighted by atomic mass is 35.5. The Morgan fingerprint density at radius 2 is 1.78 bits per heavy atom. The van der Waals surface area contributed by atoms with Crippen LogP contribution < -0.4 is 10.7 Å². The number of benzene rings is 3. The first-order valence-electron chi connectivity index (χ1n) is 12.7. The number of anilines is 2. The van der Waals surface area contributed by atoms with Crippen molar-refractivity contribution >= 4 is 34.0 Å². The lowest BCUT2D eigenvalue weighted by atomic mass is 9.96. The summed E-state index contributed by atoms with van der Waals surface area (Å²) in [6.45, 7) is 1.98. The number of halogens is 2. The van der Waals surface area contributed by atoms with E-state index in [-0.39, 0.29) is 11.9 Å². The van der Waals surface area contributed by atoms with Gasteiger partial charge in [-0.15, -0.1) is 0 Å². The zero-order valence-corrected chi connectivity index (χ0v) is 21.3. The lowest BCUT2D eigenvalue weighted by molar-refractivity contribution is 0.437. The Bertz CT molecular complexity index is 1620. The van der Waals surface area contributed by atoms with Gasteiger partial charge in [0.2, 0.25) is 0 Å². The van der Waals surface area contributed by atoms with Crippen LogP contribution in [0.3, 0.4) is 0 Å². The summed E-state index contributed by atoms with van der Waals surface area (Å²) in [4.78, 5) is 14.6. The molecule has 2 aromatic carbocycles. The quantitative estimate of drug-likeness (QED) is 0.253. The molecule has 186 valence electrons. The fraction of sp³-hybridized carbons (Fsp3) is 0.233. The van der Waals surface area contributed by atoms with Crippen LogP contribution >= 0.6 is 11.6 Å². The third kappa shape index (κ3) is 4.81. The second-order valence-electron chi connectivity index (χ2n) is 9.60. The zero-order valence-electron chi connectivity index (χ0n) is 20.6.